The standard InChI is InChI=1S/C23H30N6O3S/c1-2-33(31,32)28-18-9-10-19-20(15-18)29-14-6-8-17(16-29)7-4-3-5-12-24-23-25-13-11-21(27-23)26-22(19)30/h3-4,9-11,13,15,17,28H,2,5-8,12,14,16H2,1H3,(H2,24,25,26,27,30)/b4-3-/t17-/m0/s1. The monoisotopic (exact) mass is 470 g/mol. The number of carbonyl (C=O) groups excluding carboxylic acids is 1. The summed E-state index contributed by atoms with van der Waals surface area (Å²) in [7, 11) is -3.43. The van der Waals surface area contributed by atoms with E-state index in [0.29, 0.717) is 35.5 Å². The van der Waals surface area contributed by atoms with Gasteiger partial charge in [0.15, 0.2) is 0 Å². The second-order valence-electron chi connectivity index (χ2n) is 8.33. The molecule has 3 N–H and O–H groups in total. The number of rotatable bonds is 3. The molecule has 1 aromatic heterocycles. The van der Waals surface area contributed by atoms with Gasteiger partial charge in [-0.1, -0.05) is 12.2 Å². The van der Waals surface area contributed by atoms with E-state index in [1.165, 1.54) is 0 Å². The Balaban J connectivity index is 1.72. The molecule has 0 radical (unpaired) electrons. The lowest BCUT2D eigenvalue weighted by Gasteiger charge is -2.35. The summed E-state index contributed by atoms with van der Waals surface area (Å²) in [5.41, 5.74) is 1.65. The molecule has 4 bridgehead atoms. The number of fused-ring (bicyclic) bond motifs is 6. The summed E-state index contributed by atoms with van der Waals surface area (Å²) >= 11 is 0. The summed E-state index contributed by atoms with van der Waals surface area (Å²) in [6.45, 7) is 3.92. The number of anilines is 4. The maximum absolute atomic E-state index is 13.2. The van der Waals surface area contributed by atoms with Crippen molar-refractivity contribution in [1.29, 1.82) is 0 Å². The van der Waals surface area contributed by atoms with Crippen LogP contribution in [-0.2, 0) is 10.0 Å². The molecule has 0 aliphatic carbocycles. The van der Waals surface area contributed by atoms with Crippen molar-refractivity contribution >= 4 is 39.1 Å². The van der Waals surface area contributed by atoms with Crippen LogP contribution in [-0.4, -0.2) is 49.7 Å². The summed E-state index contributed by atoms with van der Waals surface area (Å²) < 4.78 is 26.8. The largest absolute Gasteiger partial charge is 0.371 e. The summed E-state index contributed by atoms with van der Waals surface area (Å²) in [6.07, 6.45) is 9.96. The van der Waals surface area contributed by atoms with Crippen LogP contribution < -0.4 is 20.3 Å². The number of hydrogen-bond donors (Lipinski definition) is 3. The number of amides is 1. The van der Waals surface area contributed by atoms with Gasteiger partial charge in [0, 0.05) is 25.8 Å². The number of allylic oxidation sites excluding steroid dienone is 1. The van der Waals surface area contributed by atoms with Gasteiger partial charge < -0.3 is 15.5 Å². The Morgan fingerprint density at radius 1 is 1.24 bits per heavy atom. The topological polar surface area (TPSA) is 116 Å². The summed E-state index contributed by atoms with van der Waals surface area (Å²) in [6, 6.07) is 6.70. The van der Waals surface area contributed by atoms with Crippen molar-refractivity contribution in [1.82, 2.24) is 9.97 Å². The molecule has 1 fully saturated rings. The Hall–Kier alpha value is -3.14. The third-order valence-electron chi connectivity index (χ3n) is 5.88. The predicted molar refractivity (Wildman–Crippen MR) is 131 cm³/mol. The lowest BCUT2D eigenvalue weighted by molar-refractivity contribution is 0.102. The van der Waals surface area contributed by atoms with Crippen molar-refractivity contribution in [3.8, 4) is 0 Å². The molecule has 176 valence electrons. The first-order chi connectivity index (χ1) is 15.9. The van der Waals surface area contributed by atoms with Crippen molar-refractivity contribution < 1.29 is 13.2 Å². The van der Waals surface area contributed by atoms with Crippen molar-refractivity contribution in [2.75, 3.05) is 45.6 Å². The van der Waals surface area contributed by atoms with Gasteiger partial charge in [-0.2, -0.15) is 4.98 Å². The molecule has 4 rings (SSSR count). The van der Waals surface area contributed by atoms with E-state index in [1.54, 1.807) is 37.4 Å². The molecule has 10 heteroatoms. The van der Waals surface area contributed by atoms with Gasteiger partial charge in [-0.25, -0.2) is 13.4 Å². The average Bonchev–Trinajstić information content (AvgIpc) is 2.81. The fraction of sp³-hybridized carbons (Fsp3) is 0.435. The maximum Gasteiger partial charge on any atom is 0.258 e. The second kappa shape index (κ2) is 10.2. The highest BCUT2D eigenvalue weighted by Crippen LogP contribution is 2.31. The molecule has 2 aromatic rings. The first-order valence-electron chi connectivity index (χ1n) is 11.4. The Labute approximate surface area is 194 Å². The fourth-order valence-electron chi connectivity index (χ4n) is 4.15. The quantitative estimate of drug-likeness (QED) is 0.588. The number of hydrogen-bond acceptors (Lipinski definition) is 7. The van der Waals surface area contributed by atoms with Gasteiger partial charge in [0.25, 0.3) is 5.91 Å². The number of nitrogens with one attached hydrogen (secondary N) is 3. The Morgan fingerprint density at radius 2 is 2.12 bits per heavy atom. The molecule has 0 saturated carbocycles. The van der Waals surface area contributed by atoms with Crippen LogP contribution in [0.2, 0.25) is 0 Å². The Bertz CT molecular complexity index is 1130. The first kappa shape index (κ1) is 23.0. The molecule has 9 nitrogen and oxygen atoms in total. The lowest BCUT2D eigenvalue weighted by atomic mass is 9.93. The van der Waals surface area contributed by atoms with Crippen LogP contribution in [0.5, 0.6) is 0 Å². The third kappa shape index (κ3) is 6.01. The van der Waals surface area contributed by atoms with E-state index in [2.05, 4.69) is 42.4 Å². The Kier molecular flexibility index (Phi) is 7.12. The third-order valence-corrected chi connectivity index (χ3v) is 7.19. The van der Waals surface area contributed by atoms with Crippen molar-refractivity contribution in [3.63, 3.8) is 0 Å². The van der Waals surface area contributed by atoms with E-state index in [-0.39, 0.29) is 11.7 Å². The minimum absolute atomic E-state index is 0.0211. The molecular weight excluding hydrogens is 440 g/mol. The van der Waals surface area contributed by atoms with Gasteiger partial charge in [0.2, 0.25) is 16.0 Å². The lowest BCUT2D eigenvalue weighted by Crippen LogP contribution is -2.36. The van der Waals surface area contributed by atoms with E-state index in [9.17, 15) is 13.2 Å². The van der Waals surface area contributed by atoms with Gasteiger partial charge in [-0.05, 0) is 62.8 Å². The minimum Gasteiger partial charge on any atom is -0.371 e. The molecule has 1 atom stereocenters. The van der Waals surface area contributed by atoms with Gasteiger partial charge in [0.1, 0.15) is 5.82 Å². The van der Waals surface area contributed by atoms with Gasteiger partial charge in [0.05, 0.1) is 22.7 Å². The zero-order chi connectivity index (χ0) is 23.3. The number of aromatic nitrogens is 2. The molecule has 3 heterocycles. The van der Waals surface area contributed by atoms with Crippen molar-refractivity contribution in [3.05, 3.63) is 48.2 Å². The van der Waals surface area contributed by atoms with Gasteiger partial charge >= 0.3 is 0 Å². The first-order valence-corrected chi connectivity index (χ1v) is 13.0. The second-order valence-corrected chi connectivity index (χ2v) is 10.3. The highest BCUT2D eigenvalue weighted by molar-refractivity contribution is 7.92. The van der Waals surface area contributed by atoms with Gasteiger partial charge in [-0.15, -0.1) is 0 Å². The predicted octanol–water partition coefficient (Wildman–Crippen LogP) is 3.47. The molecule has 1 amide bonds. The zero-order valence-corrected chi connectivity index (χ0v) is 19.6. The molecule has 2 aliphatic rings. The van der Waals surface area contributed by atoms with Crippen LogP contribution >= 0.6 is 0 Å². The van der Waals surface area contributed by atoms with Crippen LogP contribution in [0.4, 0.5) is 23.1 Å². The average molecular weight is 471 g/mol. The van der Waals surface area contributed by atoms with E-state index < -0.39 is 10.0 Å². The van der Waals surface area contributed by atoms with Crippen LogP contribution in [0.1, 0.15) is 43.0 Å². The molecule has 0 spiro atoms. The minimum atomic E-state index is -3.43. The number of piperidine rings is 1. The molecule has 2 aliphatic heterocycles. The summed E-state index contributed by atoms with van der Waals surface area (Å²) in [4.78, 5) is 24.0. The normalized spacial score (nSPS) is 20.2. The molecular formula is C23H30N6O3S. The van der Waals surface area contributed by atoms with Crippen LogP contribution in [0.15, 0.2) is 42.6 Å². The molecule has 1 aromatic carbocycles. The van der Waals surface area contributed by atoms with E-state index in [4.69, 9.17) is 0 Å². The highest BCUT2D eigenvalue weighted by atomic mass is 32.2. The van der Waals surface area contributed by atoms with Crippen LogP contribution in [0.25, 0.3) is 0 Å². The van der Waals surface area contributed by atoms with E-state index in [0.717, 1.165) is 44.5 Å². The van der Waals surface area contributed by atoms with E-state index in [1.807, 2.05) is 0 Å². The molecule has 0 unspecified atom stereocenters. The highest BCUT2D eigenvalue weighted by Gasteiger charge is 2.24. The fourth-order valence-corrected chi connectivity index (χ4v) is 4.78. The molecule has 33 heavy (non-hydrogen) atoms. The number of carbonyl (C=O) groups is 1. The van der Waals surface area contributed by atoms with Gasteiger partial charge in [-0.3, -0.25) is 9.52 Å². The molecule has 1 saturated heterocycles. The summed E-state index contributed by atoms with van der Waals surface area (Å²) in [5.74, 6) is 1.01. The Morgan fingerprint density at radius 3 is 2.97 bits per heavy atom. The number of benzene rings is 1. The van der Waals surface area contributed by atoms with Crippen LogP contribution in [0, 0.1) is 5.92 Å². The van der Waals surface area contributed by atoms with Crippen molar-refractivity contribution in [2.45, 2.75) is 32.6 Å². The zero-order valence-electron chi connectivity index (χ0n) is 18.8. The number of nitrogens with zero attached hydrogens (tertiary/aromatic N) is 3. The maximum atomic E-state index is 13.2. The number of sulfonamides is 1. The SMILES string of the molecule is CCS(=O)(=O)Nc1ccc2c(c1)N1CCC[C@H](C/C=C\CCNc3nccc(n3)NC2=O)C1. The van der Waals surface area contributed by atoms with Crippen LogP contribution in [0.3, 0.4) is 0 Å². The summed E-state index contributed by atoms with van der Waals surface area (Å²) in [5, 5.41) is 6.04. The smallest absolute Gasteiger partial charge is 0.258 e. The van der Waals surface area contributed by atoms with E-state index >= 15 is 0 Å². The van der Waals surface area contributed by atoms with Crippen molar-refractivity contribution in [2.24, 2.45) is 5.92 Å².